The van der Waals surface area contributed by atoms with E-state index in [1.807, 2.05) is 36.0 Å². The number of aromatic nitrogens is 2. The maximum atomic E-state index is 12.2. The van der Waals surface area contributed by atoms with Crippen LogP contribution in [0.3, 0.4) is 0 Å². The van der Waals surface area contributed by atoms with Crippen molar-refractivity contribution in [2.24, 2.45) is 0 Å². The van der Waals surface area contributed by atoms with Gasteiger partial charge in [0.1, 0.15) is 5.69 Å². The third-order valence-corrected chi connectivity index (χ3v) is 6.15. The molecule has 0 saturated carbocycles. The van der Waals surface area contributed by atoms with Crippen molar-refractivity contribution in [3.63, 3.8) is 0 Å². The third kappa shape index (κ3) is 3.01. The van der Waals surface area contributed by atoms with E-state index < -0.39 is 9.84 Å². The third-order valence-electron chi connectivity index (χ3n) is 3.39. The van der Waals surface area contributed by atoms with Crippen molar-refractivity contribution in [1.82, 2.24) is 14.9 Å². The highest BCUT2D eigenvalue weighted by molar-refractivity contribution is 7.91. The maximum Gasteiger partial charge on any atom is 0.271 e. The number of rotatable bonds is 3. The molecular weight excluding hydrogens is 310 g/mol. The second-order valence-electron chi connectivity index (χ2n) is 5.06. The normalized spacial score (nSPS) is 20.5. The lowest BCUT2D eigenvalue weighted by Gasteiger charge is -2.09. The van der Waals surface area contributed by atoms with E-state index in [0.717, 1.165) is 10.0 Å². The monoisotopic (exact) mass is 325 g/mol. The van der Waals surface area contributed by atoms with Crippen molar-refractivity contribution in [3.05, 3.63) is 35.1 Å². The summed E-state index contributed by atoms with van der Waals surface area (Å²) in [5.41, 5.74) is 0.369. The Morgan fingerprint density at radius 1 is 1.43 bits per heavy atom. The zero-order valence-corrected chi connectivity index (χ0v) is 13.1. The predicted molar refractivity (Wildman–Crippen MR) is 80.7 cm³/mol. The number of sulfone groups is 1. The van der Waals surface area contributed by atoms with E-state index in [2.05, 4.69) is 10.3 Å². The molecule has 1 N–H and O–H groups in total. The number of amides is 1. The summed E-state index contributed by atoms with van der Waals surface area (Å²) in [6.45, 7) is 1.84. The molecular formula is C13H15N3O3S2. The van der Waals surface area contributed by atoms with Crippen LogP contribution in [0.5, 0.6) is 0 Å². The van der Waals surface area contributed by atoms with Crippen LogP contribution >= 0.6 is 11.3 Å². The molecule has 0 unspecified atom stereocenters. The Balaban J connectivity index is 1.76. The Kier molecular flexibility index (Phi) is 3.58. The summed E-state index contributed by atoms with van der Waals surface area (Å²) >= 11 is 1.43. The SMILES string of the molecule is Cc1sc(-n2cccc2)nc1C(=O)N[C@@H]1CCS(=O)(=O)C1. The van der Waals surface area contributed by atoms with Crippen molar-refractivity contribution in [2.75, 3.05) is 11.5 Å². The largest absolute Gasteiger partial charge is 0.347 e. The highest BCUT2D eigenvalue weighted by Crippen LogP contribution is 2.21. The fourth-order valence-corrected chi connectivity index (χ4v) is 4.87. The molecule has 0 aromatic carbocycles. The number of aryl methyl sites for hydroxylation is 1. The van der Waals surface area contributed by atoms with Crippen LogP contribution in [0, 0.1) is 6.92 Å². The van der Waals surface area contributed by atoms with Crippen LogP contribution in [0.2, 0.25) is 0 Å². The van der Waals surface area contributed by atoms with Crippen LogP contribution < -0.4 is 5.32 Å². The first-order chi connectivity index (χ1) is 9.94. The van der Waals surface area contributed by atoms with Gasteiger partial charge in [-0.2, -0.15) is 0 Å². The topological polar surface area (TPSA) is 81.1 Å². The van der Waals surface area contributed by atoms with Gasteiger partial charge in [0.2, 0.25) is 0 Å². The number of hydrogen-bond acceptors (Lipinski definition) is 5. The second kappa shape index (κ2) is 5.27. The van der Waals surface area contributed by atoms with Gasteiger partial charge in [0.25, 0.3) is 5.91 Å². The minimum Gasteiger partial charge on any atom is -0.347 e. The van der Waals surface area contributed by atoms with Gasteiger partial charge < -0.3 is 9.88 Å². The van der Waals surface area contributed by atoms with Crippen molar-refractivity contribution < 1.29 is 13.2 Å². The molecule has 6 nitrogen and oxygen atoms in total. The smallest absolute Gasteiger partial charge is 0.271 e. The molecule has 0 radical (unpaired) electrons. The number of carbonyl (C=O) groups excluding carboxylic acids is 1. The molecule has 3 heterocycles. The maximum absolute atomic E-state index is 12.2. The molecule has 1 saturated heterocycles. The van der Waals surface area contributed by atoms with Gasteiger partial charge in [-0.3, -0.25) is 4.79 Å². The van der Waals surface area contributed by atoms with Crippen LogP contribution in [0.1, 0.15) is 21.8 Å². The molecule has 112 valence electrons. The summed E-state index contributed by atoms with van der Waals surface area (Å²) in [7, 11) is -3.00. The number of nitrogens with one attached hydrogen (secondary N) is 1. The van der Waals surface area contributed by atoms with Gasteiger partial charge in [0, 0.05) is 23.3 Å². The highest BCUT2D eigenvalue weighted by atomic mass is 32.2. The lowest BCUT2D eigenvalue weighted by Crippen LogP contribution is -2.36. The van der Waals surface area contributed by atoms with Gasteiger partial charge in [-0.1, -0.05) is 0 Å². The average molecular weight is 325 g/mol. The molecule has 8 heteroatoms. The first-order valence-corrected chi connectivity index (χ1v) is 9.20. The van der Waals surface area contributed by atoms with Crippen molar-refractivity contribution in [3.8, 4) is 5.13 Å². The van der Waals surface area contributed by atoms with Crippen molar-refractivity contribution in [1.29, 1.82) is 0 Å². The van der Waals surface area contributed by atoms with E-state index in [1.165, 1.54) is 11.3 Å². The van der Waals surface area contributed by atoms with Crippen molar-refractivity contribution >= 4 is 27.1 Å². The molecule has 0 spiro atoms. The molecule has 1 aliphatic rings. The summed E-state index contributed by atoms with van der Waals surface area (Å²) in [6, 6.07) is 3.47. The molecule has 3 rings (SSSR count). The summed E-state index contributed by atoms with van der Waals surface area (Å²) in [4.78, 5) is 17.4. The molecule has 1 amide bonds. The highest BCUT2D eigenvalue weighted by Gasteiger charge is 2.30. The summed E-state index contributed by atoms with van der Waals surface area (Å²) in [6.07, 6.45) is 4.20. The van der Waals surface area contributed by atoms with E-state index in [-0.39, 0.29) is 23.5 Å². The Labute approximate surface area is 126 Å². The number of hydrogen-bond donors (Lipinski definition) is 1. The zero-order chi connectivity index (χ0) is 15.0. The van der Waals surface area contributed by atoms with Crippen LogP contribution in [0.4, 0.5) is 0 Å². The van der Waals surface area contributed by atoms with Crippen LogP contribution in [0.25, 0.3) is 5.13 Å². The quantitative estimate of drug-likeness (QED) is 0.918. The molecule has 0 bridgehead atoms. The van der Waals surface area contributed by atoms with Crippen LogP contribution in [0.15, 0.2) is 24.5 Å². The predicted octanol–water partition coefficient (Wildman–Crippen LogP) is 1.16. The van der Waals surface area contributed by atoms with E-state index in [0.29, 0.717) is 12.1 Å². The Morgan fingerprint density at radius 2 is 2.14 bits per heavy atom. The Hall–Kier alpha value is -1.67. The Morgan fingerprint density at radius 3 is 2.76 bits per heavy atom. The number of carbonyl (C=O) groups is 1. The molecule has 2 aromatic heterocycles. The molecule has 1 fully saturated rings. The fourth-order valence-electron chi connectivity index (χ4n) is 2.33. The van der Waals surface area contributed by atoms with Crippen LogP contribution in [-0.2, 0) is 9.84 Å². The van der Waals surface area contributed by atoms with Gasteiger partial charge in [-0.15, -0.1) is 11.3 Å². The zero-order valence-electron chi connectivity index (χ0n) is 11.4. The van der Waals surface area contributed by atoms with Crippen LogP contribution in [-0.4, -0.2) is 41.4 Å². The fraction of sp³-hybridized carbons (Fsp3) is 0.385. The van der Waals surface area contributed by atoms with Gasteiger partial charge in [0.15, 0.2) is 15.0 Å². The van der Waals surface area contributed by atoms with Crippen molar-refractivity contribution in [2.45, 2.75) is 19.4 Å². The minimum atomic E-state index is -3.00. The van der Waals surface area contributed by atoms with E-state index >= 15 is 0 Å². The lowest BCUT2D eigenvalue weighted by atomic mass is 10.2. The molecule has 0 aliphatic carbocycles. The number of thiazole rings is 1. The summed E-state index contributed by atoms with van der Waals surface area (Å²) < 4.78 is 24.7. The molecule has 1 aliphatic heterocycles. The molecule has 21 heavy (non-hydrogen) atoms. The standard InChI is InChI=1S/C13H15N3O3S2/c1-9-11(15-13(20-9)16-5-2-3-6-16)12(17)14-10-4-7-21(18,19)8-10/h2-3,5-6,10H,4,7-8H2,1H3,(H,14,17)/t10-/m1/s1. The first-order valence-electron chi connectivity index (χ1n) is 6.57. The summed E-state index contributed by atoms with van der Waals surface area (Å²) in [5.74, 6) is -0.140. The minimum absolute atomic E-state index is 0.0202. The van der Waals surface area contributed by atoms with E-state index in [9.17, 15) is 13.2 Å². The van der Waals surface area contributed by atoms with Gasteiger partial charge >= 0.3 is 0 Å². The van der Waals surface area contributed by atoms with E-state index in [1.54, 1.807) is 0 Å². The van der Waals surface area contributed by atoms with E-state index in [4.69, 9.17) is 0 Å². The number of nitrogens with zero attached hydrogens (tertiary/aromatic N) is 2. The second-order valence-corrected chi connectivity index (χ2v) is 8.48. The van der Waals surface area contributed by atoms with Gasteiger partial charge in [-0.25, -0.2) is 13.4 Å². The molecule has 2 aromatic rings. The van der Waals surface area contributed by atoms with Gasteiger partial charge in [-0.05, 0) is 25.5 Å². The molecule has 1 atom stereocenters. The first kappa shape index (κ1) is 14.3. The lowest BCUT2D eigenvalue weighted by molar-refractivity contribution is 0.0936. The summed E-state index contributed by atoms with van der Waals surface area (Å²) in [5, 5.41) is 3.49. The Bertz CT molecular complexity index is 763. The average Bonchev–Trinajstić information content (AvgIpc) is 3.09. The van der Waals surface area contributed by atoms with Gasteiger partial charge in [0.05, 0.1) is 11.5 Å².